The number of carbonyl (C=O) groups excluding carboxylic acids is 1. The second-order valence-electron chi connectivity index (χ2n) is 4.07. The number of imidazole rings is 1. The van der Waals surface area contributed by atoms with Crippen molar-refractivity contribution in [3.63, 3.8) is 0 Å². The van der Waals surface area contributed by atoms with E-state index in [2.05, 4.69) is 15.3 Å². The lowest BCUT2D eigenvalue weighted by Crippen LogP contribution is -2.27. The van der Waals surface area contributed by atoms with Crippen LogP contribution in [0.15, 0.2) is 30.6 Å². The molecule has 3 N–H and O–H groups in total. The molecule has 2 rings (SSSR count). The first-order valence-corrected chi connectivity index (χ1v) is 6.25. The average Bonchev–Trinajstić information content (AvgIpc) is 2.88. The van der Waals surface area contributed by atoms with Crippen LogP contribution in [-0.4, -0.2) is 33.5 Å². The number of aromatic amines is 1. The van der Waals surface area contributed by atoms with Crippen LogP contribution in [0, 0.1) is 0 Å². The van der Waals surface area contributed by atoms with Gasteiger partial charge in [0.25, 0.3) is 5.91 Å². The van der Waals surface area contributed by atoms with Crippen LogP contribution in [0.3, 0.4) is 0 Å². The molecule has 0 saturated heterocycles. The highest BCUT2D eigenvalue weighted by Crippen LogP contribution is 2.10. The number of rotatable bonds is 5. The quantitative estimate of drug-likeness (QED) is 0.782. The predicted molar refractivity (Wildman–Crippen MR) is 73.0 cm³/mol. The molecule has 0 unspecified atom stereocenters. The summed E-state index contributed by atoms with van der Waals surface area (Å²) in [5, 5.41) is 12.1. The maximum Gasteiger partial charge on any atom is 0.354 e. The summed E-state index contributed by atoms with van der Waals surface area (Å²) in [5.74, 6) is -1.74. The first-order chi connectivity index (χ1) is 9.58. The predicted octanol–water partition coefficient (Wildman–Crippen LogP) is 1.73. The van der Waals surface area contributed by atoms with E-state index in [1.165, 1.54) is 6.33 Å². The fourth-order valence-corrected chi connectivity index (χ4v) is 1.94. The van der Waals surface area contributed by atoms with Crippen molar-refractivity contribution in [2.75, 3.05) is 6.54 Å². The maximum absolute atomic E-state index is 11.8. The van der Waals surface area contributed by atoms with Gasteiger partial charge in [0.05, 0.1) is 6.33 Å². The minimum Gasteiger partial charge on any atom is -0.477 e. The number of hydrogen-bond acceptors (Lipinski definition) is 3. The van der Waals surface area contributed by atoms with Crippen LogP contribution in [0.25, 0.3) is 0 Å². The molecule has 20 heavy (non-hydrogen) atoms. The minimum absolute atomic E-state index is 0.122. The topological polar surface area (TPSA) is 95.1 Å². The Morgan fingerprint density at radius 3 is 2.90 bits per heavy atom. The molecule has 2 aromatic rings. The summed E-state index contributed by atoms with van der Waals surface area (Å²) in [5.41, 5.74) is 0.645. The number of nitrogens with one attached hydrogen (secondary N) is 2. The third-order valence-corrected chi connectivity index (χ3v) is 2.89. The van der Waals surface area contributed by atoms with Gasteiger partial charge in [0, 0.05) is 11.6 Å². The lowest BCUT2D eigenvalue weighted by Gasteiger charge is -2.04. The van der Waals surface area contributed by atoms with Crippen LogP contribution in [0.1, 0.15) is 26.5 Å². The SMILES string of the molecule is O=C(NCCc1cccc(Cl)c1)c1nc[nH]c1C(=O)O. The Balaban J connectivity index is 1.92. The molecule has 1 heterocycles. The van der Waals surface area contributed by atoms with Gasteiger partial charge in [0.15, 0.2) is 11.4 Å². The Labute approximate surface area is 119 Å². The molecule has 0 radical (unpaired) electrons. The summed E-state index contributed by atoms with van der Waals surface area (Å²) >= 11 is 5.86. The van der Waals surface area contributed by atoms with E-state index < -0.39 is 11.9 Å². The first-order valence-electron chi connectivity index (χ1n) is 5.87. The number of carbonyl (C=O) groups is 2. The van der Waals surface area contributed by atoms with Crippen molar-refractivity contribution in [2.24, 2.45) is 0 Å². The highest BCUT2D eigenvalue weighted by molar-refractivity contribution is 6.30. The van der Waals surface area contributed by atoms with Gasteiger partial charge in [0.2, 0.25) is 0 Å². The summed E-state index contributed by atoms with van der Waals surface area (Å²) in [4.78, 5) is 28.8. The molecule has 1 amide bonds. The van der Waals surface area contributed by atoms with Crippen LogP contribution in [0.5, 0.6) is 0 Å². The fraction of sp³-hybridized carbons (Fsp3) is 0.154. The molecular formula is C13H12ClN3O3. The molecule has 0 aliphatic heterocycles. The largest absolute Gasteiger partial charge is 0.477 e. The van der Waals surface area contributed by atoms with Crippen molar-refractivity contribution in [3.8, 4) is 0 Å². The van der Waals surface area contributed by atoms with Crippen molar-refractivity contribution >= 4 is 23.5 Å². The number of carboxylic acids is 1. The van der Waals surface area contributed by atoms with E-state index in [0.29, 0.717) is 18.0 Å². The van der Waals surface area contributed by atoms with Crippen molar-refractivity contribution in [1.82, 2.24) is 15.3 Å². The van der Waals surface area contributed by atoms with Crippen molar-refractivity contribution < 1.29 is 14.7 Å². The molecule has 0 saturated carbocycles. The zero-order chi connectivity index (χ0) is 14.5. The van der Waals surface area contributed by atoms with Gasteiger partial charge >= 0.3 is 5.97 Å². The van der Waals surface area contributed by atoms with Crippen LogP contribution < -0.4 is 5.32 Å². The standard InChI is InChI=1S/C13H12ClN3O3/c14-9-3-1-2-8(6-9)4-5-15-12(18)10-11(13(19)20)17-7-16-10/h1-3,6-7H,4-5H2,(H,15,18)(H,16,17)(H,19,20). The third-order valence-electron chi connectivity index (χ3n) is 2.66. The van der Waals surface area contributed by atoms with Gasteiger partial charge < -0.3 is 15.4 Å². The van der Waals surface area contributed by atoms with E-state index in [1.807, 2.05) is 18.2 Å². The molecule has 1 aromatic carbocycles. The van der Waals surface area contributed by atoms with Crippen LogP contribution >= 0.6 is 11.6 Å². The molecule has 6 nitrogen and oxygen atoms in total. The maximum atomic E-state index is 11.8. The average molecular weight is 294 g/mol. The number of nitrogens with zero attached hydrogens (tertiary/aromatic N) is 1. The third kappa shape index (κ3) is 3.36. The minimum atomic E-state index is -1.22. The van der Waals surface area contributed by atoms with E-state index in [4.69, 9.17) is 16.7 Å². The normalized spacial score (nSPS) is 10.2. The summed E-state index contributed by atoms with van der Waals surface area (Å²) in [6, 6.07) is 7.31. The number of halogens is 1. The number of amides is 1. The second-order valence-corrected chi connectivity index (χ2v) is 4.50. The molecule has 0 fully saturated rings. The molecule has 104 valence electrons. The Kier molecular flexibility index (Phi) is 4.37. The molecule has 7 heteroatoms. The van der Waals surface area contributed by atoms with Gasteiger partial charge in [-0.3, -0.25) is 4.79 Å². The fourth-order valence-electron chi connectivity index (χ4n) is 1.73. The Hall–Kier alpha value is -2.34. The lowest BCUT2D eigenvalue weighted by atomic mass is 10.1. The summed E-state index contributed by atoms with van der Waals surface area (Å²) < 4.78 is 0. The molecule has 1 aromatic heterocycles. The van der Waals surface area contributed by atoms with E-state index >= 15 is 0 Å². The van der Waals surface area contributed by atoms with Gasteiger partial charge in [0.1, 0.15) is 0 Å². The number of hydrogen-bond donors (Lipinski definition) is 3. The highest BCUT2D eigenvalue weighted by Gasteiger charge is 2.18. The van der Waals surface area contributed by atoms with E-state index in [9.17, 15) is 9.59 Å². The van der Waals surface area contributed by atoms with Gasteiger partial charge in [-0.25, -0.2) is 9.78 Å². The second kappa shape index (κ2) is 6.21. The number of carboxylic acid groups (broad SMARTS) is 1. The van der Waals surface area contributed by atoms with Crippen molar-refractivity contribution in [2.45, 2.75) is 6.42 Å². The first kappa shape index (κ1) is 14.1. The Bertz CT molecular complexity index is 639. The van der Waals surface area contributed by atoms with Gasteiger partial charge in [-0.15, -0.1) is 0 Å². The lowest BCUT2D eigenvalue weighted by molar-refractivity contribution is 0.0685. The highest BCUT2D eigenvalue weighted by atomic mass is 35.5. The molecule has 0 aliphatic rings. The summed E-state index contributed by atoms with van der Waals surface area (Å²) in [6.45, 7) is 0.366. The van der Waals surface area contributed by atoms with Crippen molar-refractivity contribution in [1.29, 1.82) is 0 Å². The molecule has 0 atom stereocenters. The number of aromatic carboxylic acids is 1. The molecule has 0 spiro atoms. The van der Waals surface area contributed by atoms with Crippen LogP contribution in [0.2, 0.25) is 5.02 Å². The number of aromatic nitrogens is 2. The summed E-state index contributed by atoms with van der Waals surface area (Å²) in [6.07, 6.45) is 1.77. The monoisotopic (exact) mass is 293 g/mol. The zero-order valence-electron chi connectivity index (χ0n) is 10.4. The zero-order valence-corrected chi connectivity index (χ0v) is 11.1. The van der Waals surface area contributed by atoms with E-state index in [1.54, 1.807) is 6.07 Å². The van der Waals surface area contributed by atoms with Gasteiger partial charge in [-0.1, -0.05) is 23.7 Å². The summed E-state index contributed by atoms with van der Waals surface area (Å²) in [7, 11) is 0. The van der Waals surface area contributed by atoms with Crippen LogP contribution in [-0.2, 0) is 6.42 Å². The Morgan fingerprint density at radius 2 is 2.20 bits per heavy atom. The van der Waals surface area contributed by atoms with E-state index in [-0.39, 0.29) is 11.4 Å². The molecule has 0 aliphatic carbocycles. The van der Waals surface area contributed by atoms with Crippen LogP contribution in [0.4, 0.5) is 0 Å². The Morgan fingerprint density at radius 1 is 1.40 bits per heavy atom. The van der Waals surface area contributed by atoms with Gasteiger partial charge in [-0.2, -0.15) is 0 Å². The molecular weight excluding hydrogens is 282 g/mol. The van der Waals surface area contributed by atoms with E-state index in [0.717, 1.165) is 5.56 Å². The molecule has 0 bridgehead atoms. The van der Waals surface area contributed by atoms with Gasteiger partial charge in [-0.05, 0) is 24.1 Å². The van der Waals surface area contributed by atoms with Crippen molar-refractivity contribution in [3.05, 3.63) is 52.6 Å². The number of H-pyrrole nitrogens is 1. The number of benzene rings is 1. The smallest absolute Gasteiger partial charge is 0.354 e.